The van der Waals surface area contributed by atoms with Crippen molar-refractivity contribution in [3.8, 4) is 0 Å². The Morgan fingerprint density at radius 2 is 1.92 bits per heavy atom. The van der Waals surface area contributed by atoms with E-state index in [2.05, 4.69) is 10.3 Å². The minimum absolute atomic E-state index is 0.0472. The van der Waals surface area contributed by atoms with E-state index in [9.17, 15) is 14.9 Å². The van der Waals surface area contributed by atoms with Gasteiger partial charge < -0.3 is 5.32 Å². The Hall–Kier alpha value is -3.54. The number of rotatable bonds is 4. The molecule has 1 aromatic heterocycles. The van der Waals surface area contributed by atoms with Gasteiger partial charge in [-0.15, -0.1) is 0 Å². The molecule has 6 nitrogen and oxygen atoms in total. The largest absolute Gasteiger partial charge is 0.321 e. The van der Waals surface area contributed by atoms with Crippen LogP contribution in [0.5, 0.6) is 0 Å². The topological polar surface area (TPSA) is 85.1 Å². The molecule has 1 heterocycles. The second kappa shape index (κ2) is 6.92. The monoisotopic (exact) mass is 333 g/mol. The number of carbonyl (C=O) groups is 1. The highest BCUT2D eigenvalue weighted by atomic mass is 16.6. The number of nitrogens with one attached hydrogen (secondary N) is 1. The number of aryl methyl sites for hydroxylation is 1. The number of nitro groups is 1. The lowest BCUT2D eigenvalue weighted by molar-refractivity contribution is -0.385. The summed E-state index contributed by atoms with van der Waals surface area (Å²) in [5.41, 5.74) is 2.47. The van der Waals surface area contributed by atoms with Crippen LogP contribution in [0.15, 0.2) is 60.7 Å². The Labute approximate surface area is 144 Å². The summed E-state index contributed by atoms with van der Waals surface area (Å²) in [6.45, 7) is 1.88. The number of aromatic nitrogens is 1. The van der Waals surface area contributed by atoms with Gasteiger partial charge in [-0.25, -0.2) is 0 Å². The molecule has 1 amide bonds. The van der Waals surface area contributed by atoms with Crippen LogP contribution in [-0.2, 0) is 4.79 Å². The Bertz CT molecular complexity index is 996. The number of hydrogen-bond acceptors (Lipinski definition) is 4. The normalized spacial score (nSPS) is 10.9. The predicted molar refractivity (Wildman–Crippen MR) is 97.2 cm³/mol. The van der Waals surface area contributed by atoms with Gasteiger partial charge >= 0.3 is 0 Å². The Morgan fingerprint density at radius 1 is 1.12 bits per heavy atom. The molecule has 3 rings (SSSR count). The van der Waals surface area contributed by atoms with Gasteiger partial charge in [0, 0.05) is 23.2 Å². The number of nitro benzene ring substituents is 1. The van der Waals surface area contributed by atoms with E-state index in [-0.39, 0.29) is 11.6 Å². The van der Waals surface area contributed by atoms with E-state index in [0.717, 1.165) is 11.1 Å². The van der Waals surface area contributed by atoms with E-state index in [1.54, 1.807) is 24.3 Å². The molecule has 0 radical (unpaired) electrons. The van der Waals surface area contributed by atoms with Gasteiger partial charge in [-0.3, -0.25) is 19.9 Å². The third kappa shape index (κ3) is 3.69. The number of hydrogen-bond donors (Lipinski definition) is 1. The second-order valence-corrected chi connectivity index (χ2v) is 5.47. The summed E-state index contributed by atoms with van der Waals surface area (Å²) in [7, 11) is 0. The molecular formula is C19H15N3O3. The Balaban J connectivity index is 1.84. The van der Waals surface area contributed by atoms with E-state index < -0.39 is 4.92 Å². The summed E-state index contributed by atoms with van der Waals surface area (Å²) in [6.07, 6.45) is 2.70. The summed E-state index contributed by atoms with van der Waals surface area (Å²) in [5, 5.41) is 14.7. The number of nitrogens with zero attached hydrogens (tertiary/aromatic N) is 2. The lowest BCUT2D eigenvalue weighted by Gasteiger charge is -2.07. The molecule has 0 fully saturated rings. The summed E-state index contributed by atoms with van der Waals surface area (Å²) in [4.78, 5) is 27.2. The molecule has 0 bridgehead atoms. The maximum Gasteiger partial charge on any atom is 0.276 e. The van der Waals surface area contributed by atoms with Gasteiger partial charge in [0.1, 0.15) is 0 Å². The molecule has 1 N–H and O–H groups in total. The van der Waals surface area contributed by atoms with Crippen LogP contribution in [0.3, 0.4) is 0 Å². The minimum atomic E-state index is -0.477. The first-order valence-corrected chi connectivity index (χ1v) is 7.63. The number of fused-ring (bicyclic) bond motifs is 1. The predicted octanol–water partition coefficient (Wildman–Crippen LogP) is 4.10. The zero-order valence-corrected chi connectivity index (χ0v) is 13.5. The number of para-hydroxylation sites is 2. The van der Waals surface area contributed by atoms with Crippen LogP contribution in [0.2, 0.25) is 0 Å². The molecule has 25 heavy (non-hydrogen) atoms. The van der Waals surface area contributed by atoms with Crippen LogP contribution in [0.4, 0.5) is 11.4 Å². The highest BCUT2D eigenvalue weighted by molar-refractivity contribution is 6.06. The first-order valence-electron chi connectivity index (χ1n) is 7.63. The number of amides is 1. The van der Waals surface area contributed by atoms with Crippen molar-refractivity contribution in [1.82, 2.24) is 4.98 Å². The second-order valence-electron chi connectivity index (χ2n) is 5.47. The fraction of sp³-hybridized carbons (Fsp3) is 0.0526. The molecule has 0 aliphatic heterocycles. The van der Waals surface area contributed by atoms with Crippen molar-refractivity contribution >= 4 is 34.3 Å². The molecule has 124 valence electrons. The molecule has 2 aromatic carbocycles. The number of carbonyl (C=O) groups excluding carboxylic acids is 1. The van der Waals surface area contributed by atoms with Gasteiger partial charge in [-0.1, -0.05) is 30.3 Å². The first-order chi connectivity index (χ1) is 12.0. The summed E-state index contributed by atoms with van der Waals surface area (Å²) < 4.78 is 0. The van der Waals surface area contributed by atoms with E-state index in [4.69, 9.17) is 0 Å². The molecule has 0 atom stereocenters. The Kier molecular flexibility index (Phi) is 4.52. The van der Waals surface area contributed by atoms with Crippen LogP contribution in [0.25, 0.3) is 17.0 Å². The van der Waals surface area contributed by atoms with E-state index in [1.807, 2.05) is 31.2 Å². The van der Waals surface area contributed by atoms with Crippen molar-refractivity contribution in [3.05, 3.63) is 82.0 Å². The zero-order valence-electron chi connectivity index (χ0n) is 13.5. The van der Waals surface area contributed by atoms with Crippen molar-refractivity contribution < 1.29 is 9.72 Å². The lowest BCUT2D eigenvalue weighted by Crippen LogP contribution is -2.08. The van der Waals surface area contributed by atoms with E-state index >= 15 is 0 Å². The summed E-state index contributed by atoms with van der Waals surface area (Å²) >= 11 is 0. The van der Waals surface area contributed by atoms with Gasteiger partial charge in [-0.2, -0.15) is 0 Å². The molecule has 0 spiro atoms. The molecule has 0 saturated carbocycles. The lowest BCUT2D eigenvalue weighted by atomic mass is 10.1. The van der Waals surface area contributed by atoms with Gasteiger partial charge in [0.05, 0.1) is 21.7 Å². The van der Waals surface area contributed by atoms with Crippen LogP contribution >= 0.6 is 0 Å². The molecule has 0 unspecified atom stereocenters. The molecule has 3 aromatic rings. The van der Waals surface area contributed by atoms with Crippen LogP contribution in [0, 0.1) is 17.0 Å². The average molecular weight is 333 g/mol. The van der Waals surface area contributed by atoms with Crippen molar-refractivity contribution in [1.29, 1.82) is 0 Å². The maximum atomic E-state index is 12.2. The third-order valence-corrected chi connectivity index (χ3v) is 3.67. The molecular weight excluding hydrogens is 318 g/mol. The summed E-state index contributed by atoms with van der Waals surface area (Å²) in [5.74, 6) is -0.381. The third-order valence-electron chi connectivity index (χ3n) is 3.67. The standard InChI is InChI=1S/C19H15N3O3/c1-13-9-10-15-6-4-7-16(19(15)20-13)21-18(23)12-11-14-5-2-3-8-17(14)22(24)25/h2-12H,1H3,(H,21,23). The van der Waals surface area contributed by atoms with E-state index in [1.165, 1.54) is 18.2 Å². The first kappa shape index (κ1) is 16.3. The fourth-order valence-electron chi connectivity index (χ4n) is 2.48. The number of anilines is 1. The van der Waals surface area contributed by atoms with E-state index in [0.29, 0.717) is 16.8 Å². The quantitative estimate of drug-likeness (QED) is 0.442. The van der Waals surface area contributed by atoms with Gasteiger partial charge in [-0.05, 0) is 31.2 Å². The van der Waals surface area contributed by atoms with Gasteiger partial charge in [0.2, 0.25) is 5.91 Å². The number of pyridine rings is 1. The molecule has 0 aliphatic rings. The maximum absolute atomic E-state index is 12.2. The highest BCUT2D eigenvalue weighted by Gasteiger charge is 2.10. The number of benzene rings is 2. The highest BCUT2D eigenvalue weighted by Crippen LogP contribution is 2.22. The summed E-state index contributed by atoms with van der Waals surface area (Å²) in [6, 6.07) is 15.6. The van der Waals surface area contributed by atoms with Gasteiger partial charge in [0.25, 0.3) is 5.69 Å². The smallest absolute Gasteiger partial charge is 0.276 e. The van der Waals surface area contributed by atoms with Crippen molar-refractivity contribution in [2.75, 3.05) is 5.32 Å². The SMILES string of the molecule is Cc1ccc2cccc(NC(=O)C=Cc3ccccc3[N+](=O)[O-])c2n1. The van der Waals surface area contributed by atoms with Crippen LogP contribution in [0.1, 0.15) is 11.3 Å². The molecule has 0 aliphatic carbocycles. The van der Waals surface area contributed by atoms with Crippen LogP contribution < -0.4 is 5.32 Å². The van der Waals surface area contributed by atoms with Crippen molar-refractivity contribution in [3.63, 3.8) is 0 Å². The zero-order chi connectivity index (χ0) is 17.8. The van der Waals surface area contributed by atoms with Gasteiger partial charge in [0.15, 0.2) is 0 Å². The average Bonchev–Trinajstić information content (AvgIpc) is 2.60. The molecule has 0 saturated heterocycles. The molecule has 6 heteroatoms. The van der Waals surface area contributed by atoms with Crippen molar-refractivity contribution in [2.24, 2.45) is 0 Å². The van der Waals surface area contributed by atoms with Crippen molar-refractivity contribution in [2.45, 2.75) is 6.92 Å². The fourth-order valence-corrected chi connectivity index (χ4v) is 2.48. The van der Waals surface area contributed by atoms with Crippen LogP contribution in [-0.4, -0.2) is 15.8 Å². The Morgan fingerprint density at radius 3 is 2.72 bits per heavy atom. The minimum Gasteiger partial charge on any atom is -0.321 e.